The van der Waals surface area contributed by atoms with Crippen molar-refractivity contribution in [3.63, 3.8) is 0 Å². The second-order valence-electron chi connectivity index (χ2n) is 2.07. The molecule has 1 aliphatic rings. The molecule has 4 nitrogen and oxygen atoms in total. The molecule has 1 amide bonds. The van der Waals surface area contributed by atoms with Crippen molar-refractivity contribution in [2.45, 2.75) is 5.91 Å². The molecule has 0 aromatic heterocycles. The Bertz CT molecular complexity index is 139. The molecule has 1 heterocycles. The van der Waals surface area contributed by atoms with Crippen LogP contribution < -0.4 is 0 Å². The number of rotatable bonds is 1. The molecule has 0 aromatic carbocycles. The summed E-state index contributed by atoms with van der Waals surface area (Å²) in [5.41, 5.74) is 0. The van der Waals surface area contributed by atoms with E-state index in [0.29, 0.717) is 6.54 Å². The van der Waals surface area contributed by atoms with Gasteiger partial charge in [0.1, 0.15) is 0 Å². The van der Waals surface area contributed by atoms with Crippen molar-refractivity contribution in [2.24, 2.45) is 0 Å². The maximum atomic E-state index is 10.0. The number of hydrogen-bond donors (Lipinski definition) is 2. The fourth-order valence-corrected chi connectivity index (χ4v) is 1.63. The normalized spacial score (nSPS) is 24.4. The Balaban J connectivity index is 2.59. The van der Waals surface area contributed by atoms with Gasteiger partial charge in [0.15, 0.2) is 0 Å². The molecule has 0 saturated carbocycles. The zero-order chi connectivity index (χ0) is 7.61. The van der Waals surface area contributed by atoms with E-state index in [4.69, 9.17) is 10.2 Å². The van der Waals surface area contributed by atoms with Crippen molar-refractivity contribution < 1.29 is 15.0 Å². The molecule has 0 bridgehead atoms. The zero-order valence-corrected chi connectivity index (χ0v) is 6.10. The van der Waals surface area contributed by atoms with Gasteiger partial charge in [-0.25, -0.2) is 0 Å². The molecule has 1 fully saturated rings. The van der Waals surface area contributed by atoms with E-state index in [-0.39, 0.29) is 5.75 Å². The van der Waals surface area contributed by atoms with Gasteiger partial charge in [-0.15, -0.1) is 0 Å². The molecule has 0 atom stereocenters. The van der Waals surface area contributed by atoms with E-state index >= 15 is 0 Å². The van der Waals surface area contributed by atoms with E-state index in [2.05, 4.69) is 0 Å². The number of thioether (sulfide) groups is 1. The Hall–Kier alpha value is -0.260. The maximum Gasteiger partial charge on any atom is 0.316 e. The summed E-state index contributed by atoms with van der Waals surface area (Å²) in [6, 6.07) is 0. The summed E-state index contributed by atoms with van der Waals surface area (Å²) in [6.45, 7) is 0.348. The third-order valence-electron chi connectivity index (χ3n) is 1.30. The fraction of sp³-hybridized carbons (Fsp3) is 0.800. The minimum atomic E-state index is -1.98. The van der Waals surface area contributed by atoms with Crippen LogP contribution in [0.3, 0.4) is 0 Å². The van der Waals surface area contributed by atoms with Gasteiger partial charge >= 0.3 is 6.41 Å². The Labute approximate surface area is 62.8 Å². The Kier molecular flexibility index (Phi) is 2.18. The predicted octanol–water partition coefficient (Wildman–Crippen LogP) is -1.26. The standard InChI is InChI=1S/C5H8NO3S/c7-4-6-1-2-10-3-5(6,8)9/h8-9H,1-3H2. The van der Waals surface area contributed by atoms with Gasteiger partial charge in [0.05, 0.1) is 5.75 Å². The van der Waals surface area contributed by atoms with Gasteiger partial charge in [0.2, 0.25) is 0 Å². The predicted molar refractivity (Wildman–Crippen MR) is 36.9 cm³/mol. The number of amides is 1. The van der Waals surface area contributed by atoms with Gasteiger partial charge in [-0.05, 0) is 0 Å². The van der Waals surface area contributed by atoms with Crippen molar-refractivity contribution >= 4 is 18.2 Å². The van der Waals surface area contributed by atoms with Crippen LogP contribution in [0.2, 0.25) is 0 Å². The van der Waals surface area contributed by atoms with Crippen LogP contribution in [0, 0.1) is 0 Å². The first-order chi connectivity index (χ1) is 4.67. The van der Waals surface area contributed by atoms with E-state index in [9.17, 15) is 4.79 Å². The lowest BCUT2D eigenvalue weighted by Gasteiger charge is -2.34. The molecule has 0 aromatic rings. The van der Waals surface area contributed by atoms with E-state index in [1.165, 1.54) is 18.2 Å². The van der Waals surface area contributed by atoms with Crippen LogP contribution in [-0.2, 0) is 4.79 Å². The summed E-state index contributed by atoms with van der Waals surface area (Å²) >= 11 is 1.40. The first kappa shape index (κ1) is 7.84. The van der Waals surface area contributed by atoms with Gasteiger partial charge in [-0.1, -0.05) is 0 Å². The molecule has 0 unspecified atom stereocenters. The second-order valence-corrected chi connectivity index (χ2v) is 3.18. The van der Waals surface area contributed by atoms with Crippen LogP contribution in [0.25, 0.3) is 0 Å². The first-order valence-electron chi connectivity index (χ1n) is 2.85. The van der Waals surface area contributed by atoms with Gasteiger partial charge in [-0.3, -0.25) is 9.69 Å². The van der Waals surface area contributed by atoms with Crippen molar-refractivity contribution in [1.29, 1.82) is 0 Å². The van der Waals surface area contributed by atoms with Crippen LogP contribution >= 0.6 is 11.8 Å². The van der Waals surface area contributed by atoms with Crippen LogP contribution in [0.15, 0.2) is 0 Å². The minimum Gasteiger partial charge on any atom is -0.348 e. The van der Waals surface area contributed by atoms with Crippen LogP contribution in [0.1, 0.15) is 0 Å². The average molecular weight is 162 g/mol. The smallest absolute Gasteiger partial charge is 0.316 e. The summed E-state index contributed by atoms with van der Waals surface area (Å²) in [6.07, 6.45) is 1.46. The van der Waals surface area contributed by atoms with Crippen molar-refractivity contribution in [3.8, 4) is 0 Å². The number of carbonyl (C=O) groups excluding carboxylic acids is 1. The highest BCUT2D eigenvalue weighted by Gasteiger charge is 2.34. The lowest BCUT2D eigenvalue weighted by molar-refractivity contribution is -0.221. The fourth-order valence-electron chi connectivity index (χ4n) is 0.741. The quantitative estimate of drug-likeness (QED) is 0.472. The average Bonchev–Trinajstić information content (AvgIpc) is 1.87. The maximum absolute atomic E-state index is 10.0. The molecule has 5 heteroatoms. The first-order valence-corrected chi connectivity index (χ1v) is 4.00. The summed E-state index contributed by atoms with van der Waals surface area (Å²) in [5, 5.41) is 18.1. The third kappa shape index (κ3) is 1.42. The minimum absolute atomic E-state index is 0.141. The monoisotopic (exact) mass is 162 g/mol. The third-order valence-corrected chi connectivity index (χ3v) is 2.36. The lowest BCUT2D eigenvalue weighted by Crippen LogP contribution is -2.53. The van der Waals surface area contributed by atoms with Gasteiger partial charge in [0.25, 0.3) is 5.91 Å². The molecule has 0 aliphatic carbocycles. The van der Waals surface area contributed by atoms with Gasteiger partial charge in [0, 0.05) is 12.3 Å². The molecule has 10 heavy (non-hydrogen) atoms. The van der Waals surface area contributed by atoms with Crippen molar-refractivity contribution in [1.82, 2.24) is 4.90 Å². The lowest BCUT2D eigenvalue weighted by atomic mass is 10.4. The molecule has 1 radical (unpaired) electrons. The van der Waals surface area contributed by atoms with Crippen molar-refractivity contribution in [3.05, 3.63) is 0 Å². The molecular weight excluding hydrogens is 154 g/mol. The van der Waals surface area contributed by atoms with Gasteiger partial charge < -0.3 is 10.2 Å². The van der Waals surface area contributed by atoms with Gasteiger partial charge in [-0.2, -0.15) is 11.8 Å². The zero-order valence-electron chi connectivity index (χ0n) is 5.28. The summed E-state index contributed by atoms with van der Waals surface area (Å²) in [7, 11) is 0. The highest BCUT2D eigenvalue weighted by atomic mass is 32.2. The summed E-state index contributed by atoms with van der Waals surface area (Å²) in [5.74, 6) is -1.11. The Morgan fingerprint density at radius 2 is 2.30 bits per heavy atom. The molecule has 1 rings (SSSR count). The molecule has 2 N–H and O–H groups in total. The Morgan fingerprint density at radius 3 is 2.70 bits per heavy atom. The highest BCUT2D eigenvalue weighted by molar-refractivity contribution is 7.99. The number of nitrogens with zero attached hydrogens (tertiary/aromatic N) is 1. The van der Waals surface area contributed by atoms with E-state index in [0.717, 1.165) is 10.7 Å². The topological polar surface area (TPSA) is 60.8 Å². The summed E-state index contributed by atoms with van der Waals surface area (Å²) < 4.78 is 0. The number of aliphatic hydroxyl groups is 2. The number of hydrogen-bond acceptors (Lipinski definition) is 4. The Morgan fingerprint density at radius 1 is 1.60 bits per heavy atom. The molecule has 57 valence electrons. The summed E-state index contributed by atoms with van der Waals surface area (Å²) in [4.78, 5) is 10.9. The molecule has 1 saturated heterocycles. The van der Waals surface area contributed by atoms with Crippen LogP contribution in [0.4, 0.5) is 0 Å². The second kappa shape index (κ2) is 2.77. The van der Waals surface area contributed by atoms with Crippen LogP contribution in [0.5, 0.6) is 0 Å². The van der Waals surface area contributed by atoms with E-state index in [1.54, 1.807) is 0 Å². The van der Waals surface area contributed by atoms with E-state index in [1.807, 2.05) is 0 Å². The van der Waals surface area contributed by atoms with E-state index < -0.39 is 5.91 Å². The highest BCUT2D eigenvalue weighted by Crippen LogP contribution is 2.19. The molecule has 1 aliphatic heterocycles. The largest absolute Gasteiger partial charge is 0.348 e. The SMILES string of the molecule is O=[C]N1CCSCC1(O)O. The molecule has 0 spiro atoms. The van der Waals surface area contributed by atoms with Crippen molar-refractivity contribution in [2.75, 3.05) is 18.1 Å². The molecular formula is C5H8NO3S. The van der Waals surface area contributed by atoms with Crippen LogP contribution in [-0.4, -0.2) is 45.5 Å².